The molecule has 4 aliphatic rings. The topological polar surface area (TPSA) is 130 Å². The molecule has 0 amide bonds. The molecule has 2 aromatic heterocycles. The molecule has 4 aromatic rings. The highest BCUT2D eigenvalue weighted by atomic mass is 35.5. The van der Waals surface area contributed by atoms with Crippen LogP contribution in [0.15, 0.2) is 12.1 Å². The summed E-state index contributed by atoms with van der Waals surface area (Å²) in [5, 5.41) is 20.5. The van der Waals surface area contributed by atoms with Gasteiger partial charge in [0.2, 0.25) is 0 Å². The Kier molecular flexibility index (Phi) is 7.53. The number of alkyl halides is 1. The van der Waals surface area contributed by atoms with Crippen molar-refractivity contribution in [3.05, 3.63) is 34.4 Å². The molecule has 0 radical (unpaired) electrons. The summed E-state index contributed by atoms with van der Waals surface area (Å²) in [6.45, 7) is 1.91. The lowest BCUT2D eigenvalue weighted by atomic mass is 9.95. The smallest absolute Gasteiger partial charge is 0.319 e. The minimum absolute atomic E-state index is 0.00186. The summed E-state index contributed by atoms with van der Waals surface area (Å²) in [5.41, 5.74) is 5.37. The van der Waals surface area contributed by atoms with Gasteiger partial charge >= 0.3 is 6.01 Å². The lowest BCUT2D eigenvalue weighted by molar-refractivity contribution is 0.107. The largest absolute Gasteiger partial charge is 0.484 e. The number of anilines is 2. The van der Waals surface area contributed by atoms with Gasteiger partial charge in [-0.05, 0) is 37.4 Å². The van der Waals surface area contributed by atoms with Crippen LogP contribution in [0.4, 0.5) is 24.0 Å². The zero-order valence-corrected chi connectivity index (χ0v) is 26.6. The molecule has 0 bridgehead atoms. The van der Waals surface area contributed by atoms with Crippen molar-refractivity contribution < 1.29 is 32.5 Å². The number of ether oxygens (including phenoxy) is 3. The Bertz CT molecular complexity index is 1970. The SMILES string of the molecule is N#Cc1c(N)sc2c(F)ccc(-c3c(Cl)c4c5c(nc(OC[C@@]67CCCN6C[C@H](F)C7)nc5c3F)N(C3CCOC3)CC(CO)O4)c12. The van der Waals surface area contributed by atoms with E-state index in [2.05, 4.69) is 9.88 Å². The molecule has 0 aliphatic carbocycles. The molecule has 10 nitrogen and oxygen atoms in total. The van der Waals surface area contributed by atoms with Crippen molar-refractivity contribution in [2.45, 2.75) is 49.5 Å². The number of aliphatic hydroxyl groups excluding tert-OH is 1. The second-order valence-corrected chi connectivity index (χ2v) is 14.0. The van der Waals surface area contributed by atoms with Crippen molar-refractivity contribution in [1.29, 1.82) is 5.26 Å². The van der Waals surface area contributed by atoms with E-state index >= 15 is 4.39 Å². The fourth-order valence-corrected chi connectivity index (χ4v) is 8.98. The summed E-state index contributed by atoms with van der Waals surface area (Å²) in [6, 6.07) is 4.25. The van der Waals surface area contributed by atoms with Crippen molar-refractivity contribution in [1.82, 2.24) is 14.9 Å². The molecule has 2 unspecified atom stereocenters. The van der Waals surface area contributed by atoms with Gasteiger partial charge in [-0.25, -0.2) is 13.2 Å². The van der Waals surface area contributed by atoms with Crippen LogP contribution in [-0.2, 0) is 4.74 Å². The van der Waals surface area contributed by atoms with Crippen LogP contribution in [-0.4, -0.2) is 89.9 Å². The number of nitriles is 1. The summed E-state index contributed by atoms with van der Waals surface area (Å²) in [7, 11) is 0. The Morgan fingerprint density at radius 1 is 1.26 bits per heavy atom. The maximum atomic E-state index is 17.2. The van der Waals surface area contributed by atoms with E-state index in [0.717, 1.165) is 36.8 Å². The molecular formula is C32H30ClF3N6O4S. The fraction of sp³-hybridized carbons (Fsp3) is 0.469. The third kappa shape index (κ3) is 4.77. The zero-order chi connectivity index (χ0) is 32.6. The van der Waals surface area contributed by atoms with Gasteiger partial charge in [0.15, 0.2) is 11.6 Å². The Morgan fingerprint density at radius 3 is 2.87 bits per heavy atom. The first-order valence-electron chi connectivity index (χ1n) is 15.5. The Morgan fingerprint density at radius 2 is 2.11 bits per heavy atom. The van der Waals surface area contributed by atoms with Crippen LogP contribution in [0.2, 0.25) is 5.02 Å². The minimum Gasteiger partial charge on any atom is -0.484 e. The van der Waals surface area contributed by atoms with E-state index in [1.807, 2.05) is 11.0 Å². The van der Waals surface area contributed by atoms with Gasteiger partial charge in [-0.3, -0.25) is 4.90 Å². The zero-order valence-electron chi connectivity index (χ0n) is 25.1. The summed E-state index contributed by atoms with van der Waals surface area (Å²) in [5.74, 6) is -1.14. The van der Waals surface area contributed by atoms with Crippen molar-refractivity contribution in [3.63, 3.8) is 0 Å². The predicted molar refractivity (Wildman–Crippen MR) is 171 cm³/mol. The number of benzene rings is 2. The molecule has 8 rings (SSSR count). The van der Waals surface area contributed by atoms with Crippen LogP contribution in [0.25, 0.3) is 32.1 Å². The lowest BCUT2D eigenvalue weighted by Gasteiger charge is -2.32. The first-order chi connectivity index (χ1) is 22.7. The molecule has 4 aliphatic heterocycles. The highest BCUT2D eigenvalue weighted by Gasteiger charge is 2.49. The Balaban J connectivity index is 1.36. The van der Waals surface area contributed by atoms with E-state index < -0.39 is 29.4 Å². The van der Waals surface area contributed by atoms with Crippen LogP contribution < -0.4 is 20.1 Å². The Hall–Kier alpha value is -3.61. The highest BCUT2D eigenvalue weighted by molar-refractivity contribution is 7.23. The summed E-state index contributed by atoms with van der Waals surface area (Å²) in [4.78, 5) is 13.4. The first-order valence-corrected chi connectivity index (χ1v) is 16.7. The second-order valence-electron chi connectivity index (χ2n) is 12.6. The molecule has 4 atom stereocenters. The molecule has 246 valence electrons. The van der Waals surface area contributed by atoms with Gasteiger partial charge in [-0.2, -0.15) is 15.2 Å². The molecule has 3 N–H and O–H groups in total. The van der Waals surface area contributed by atoms with Gasteiger partial charge < -0.3 is 30.0 Å². The summed E-state index contributed by atoms with van der Waals surface area (Å²) in [6.07, 6.45) is 0.902. The van der Waals surface area contributed by atoms with Crippen LogP contribution in [0.1, 0.15) is 31.2 Å². The van der Waals surface area contributed by atoms with Crippen molar-refractivity contribution in [2.24, 2.45) is 0 Å². The van der Waals surface area contributed by atoms with E-state index in [1.165, 1.54) is 6.07 Å². The molecule has 0 saturated carbocycles. The maximum Gasteiger partial charge on any atom is 0.319 e. The van der Waals surface area contributed by atoms with Gasteiger partial charge in [-0.15, -0.1) is 11.3 Å². The third-order valence-corrected chi connectivity index (χ3v) is 11.3. The first kappa shape index (κ1) is 30.7. The number of hydrogen-bond acceptors (Lipinski definition) is 11. The summed E-state index contributed by atoms with van der Waals surface area (Å²) < 4.78 is 65.0. The van der Waals surface area contributed by atoms with Crippen LogP contribution in [0.3, 0.4) is 0 Å². The van der Waals surface area contributed by atoms with E-state index in [9.17, 15) is 19.1 Å². The number of thiophene rings is 1. The quantitative estimate of drug-likeness (QED) is 0.279. The van der Waals surface area contributed by atoms with Crippen molar-refractivity contribution in [2.75, 3.05) is 56.7 Å². The number of nitrogens with two attached hydrogens (primary N) is 1. The second kappa shape index (κ2) is 11.5. The van der Waals surface area contributed by atoms with E-state index in [4.69, 9.17) is 36.5 Å². The van der Waals surface area contributed by atoms with Crippen LogP contribution in [0.5, 0.6) is 11.8 Å². The van der Waals surface area contributed by atoms with Crippen LogP contribution in [0, 0.1) is 23.0 Å². The molecule has 2 aromatic carbocycles. The third-order valence-electron chi connectivity index (χ3n) is 9.88. The predicted octanol–water partition coefficient (Wildman–Crippen LogP) is 5.20. The Labute approximate surface area is 276 Å². The standard InChI is InChI=1S/C32H30ClF3N6O4S/c33-24-22(18-2-3-20(35)28-21(18)19(9-37)29(38)47-28)25(36)26-23-27(24)46-17(12-43)11-42(16-4-7-44-13-16)30(23)40-31(39-26)45-14-32-5-1-6-41(32)10-15(34)8-32/h2-3,15-17,43H,1,4-8,10-14,38H2/t15-,16?,17?,32+/m1/s1. The molecule has 47 heavy (non-hydrogen) atoms. The van der Waals surface area contributed by atoms with Gasteiger partial charge in [-0.1, -0.05) is 17.7 Å². The average molecular weight is 687 g/mol. The molecule has 3 fully saturated rings. The van der Waals surface area contributed by atoms with E-state index in [-0.39, 0.29) is 85.3 Å². The number of halogens is 4. The lowest BCUT2D eigenvalue weighted by Crippen LogP contribution is -2.44. The van der Waals surface area contributed by atoms with E-state index in [0.29, 0.717) is 38.4 Å². The highest BCUT2D eigenvalue weighted by Crippen LogP contribution is 2.51. The monoisotopic (exact) mass is 686 g/mol. The number of aliphatic hydroxyl groups is 1. The van der Waals surface area contributed by atoms with Crippen molar-refractivity contribution in [3.8, 4) is 29.0 Å². The average Bonchev–Trinajstić information content (AvgIpc) is 3.83. The number of aromatic nitrogens is 2. The van der Waals surface area contributed by atoms with E-state index in [1.54, 1.807) is 0 Å². The number of fused-ring (bicyclic) bond motifs is 2. The normalized spacial score (nSPS) is 25.7. The number of nitrogens with zero attached hydrogens (tertiary/aromatic N) is 5. The van der Waals surface area contributed by atoms with Gasteiger partial charge in [0, 0.05) is 30.5 Å². The molecule has 3 saturated heterocycles. The molecule has 15 heteroatoms. The van der Waals surface area contributed by atoms with Crippen LogP contribution >= 0.6 is 22.9 Å². The van der Waals surface area contributed by atoms with Gasteiger partial charge in [0.05, 0.1) is 52.0 Å². The molecule has 6 heterocycles. The number of hydrogen-bond donors (Lipinski definition) is 2. The van der Waals surface area contributed by atoms with Gasteiger partial charge in [0.25, 0.3) is 0 Å². The number of rotatable bonds is 6. The molecular weight excluding hydrogens is 657 g/mol. The maximum absolute atomic E-state index is 17.2. The summed E-state index contributed by atoms with van der Waals surface area (Å²) >= 11 is 7.90. The fourth-order valence-electron chi connectivity index (χ4n) is 7.71. The number of nitrogen functional groups attached to an aromatic ring is 1. The van der Waals surface area contributed by atoms with Gasteiger partial charge in [0.1, 0.15) is 47.1 Å². The van der Waals surface area contributed by atoms with Crippen molar-refractivity contribution >= 4 is 54.7 Å². The molecule has 0 spiro atoms. The minimum atomic E-state index is -0.965.